The molecule has 1 saturated heterocycles. The number of nitrogens with one attached hydrogen (secondary N) is 1. The van der Waals surface area contributed by atoms with Crippen molar-refractivity contribution in [1.82, 2.24) is 10.2 Å². The Morgan fingerprint density at radius 2 is 1.89 bits per heavy atom. The molecule has 2 unspecified atom stereocenters. The molecule has 1 aliphatic rings. The van der Waals surface area contributed by atoms with Crippen LogP contribution in [-0.4, -0.2) is 56.0 Å². The van der Waals surface area contributed by atoms with Crippen molar-refractivity contribution in [1.29, 1.82) is 0 Å². The quantitative estimate of drug-likeness (QED) is 0.836. The van der Waals surface area contributed by atoms with Gasteiger partial charge in [0.2, 0.25) is 0 Å². The molecule has 0 spiro atoms. The first-order chi connectivity index (χ1) is 8.02. The van der Waals surface area contributed by atoms with Crippen molar-refractivity contribution in [2.24, 2.45) is 5.92 Å². The monoisotopic (exact) mass is 276 g/mol. The van der Waals surface area contributed by atoms with Crippen molar-refractivity contribution >= 4 is 9.84 Å². The third-order valence-electron chi connectivity index (χ3n) is 3.67. The van der Waals surface area contributed by atoms with E-state index in [0.717, 1.165) is 13.1 Å². The van der Waals surface area contributed by atoms with E-state index in [2.05, 4.69) is 37.9 Å². The van der Waals surface area contributed by atoms with Gasteiger partial charge in [0.15, 0.2) is 0 Å². The first-order valence-corrected chi connectivity index (χ1v) is 8.76. The van der Waals surface area contributed by atoms with Gasteiger partial charge in [-0.25, -0.2) is 8.42 Å². The van der Waals surface area contributed by atoms with Crippen molar-refractivity contribution in [3.63, 3.8) is 0 Å². The molecular formula is C13H28N2O2S. The Balaban J connectivity index is 2.84. The molecule has 0 aromatic heterocycles. The maximum absolute atomic E-state index is 11.5. The van der Waals surface area contributed by atoms with Gasteiger partial charge in [-0.1, -0.05) is 13.8 Å². The Hall–Kier alpha value is -0.130. The molecule has 2 atom stereocenters. The summed E-state index contributed by atoms with van der Waals surface area (Å²) in [5.74, 6) is 0.766. The van der Waals surface area contributed by atoms with E-state index in [4.69, 9.17) is 0 Å². The van der Waals surface area contributed by atoms with E-state index in [1.54, 1.807) is 0 Å². The minimum absolute atomic E-state index is 0.0527. The molecule has 0 bridgehead atoms. The molecule has 0 radical (unpaired) electrons. The number of hydrogen-bond acceptors (Lipinski definition) is 4. The molecule has 4 nitrogen and oxygen atoms in total. The van der Waals surface area contributed by atoms with E-state index < -0.39 is 9.84 Å². The van der Waals surface area contributed by atoms with Gasteiger partial charge >= 0.3 is 0 Å². The molecule has 1 N–H and O–H groups in total. The second-order valence-electron chi connectivity index (χ2n) is 6.69. The first-order valence-electron chi connectivity index (χ1n) is 6.70. The molecule has 0 saturated carbocycles. The molecule has 5 heteroatoms. The van der Waals surface area contributed by atoms with E-state index in [0.29, 0.717) is 12.0 Å². The first kappa shape index (κ1) is 15.9. The van der Waals surface area contributed by atoms with E-state index >= 15 is 0 Å². The highest BCUT2D eigenvalue weighted by Crippen LogP contribution is 2.23. The third-order valence-corrected chi connectivity index (χ3v) is 4.76. The van der Waals surface area contributed by atoms with Crippen LogP contribution in [0.1, 0.15) is 34.6 Å². The maximum atomic E-state index is 11.5. The minimum atomic E-state index is -2.92. The molecule has 1 aliphatic heterocycles. The fourth-order valence-electron chi connectivity index (χ4n) is 2.76. The highest BCUT2D eigenvalue weighted by Gasteiger charge is 2.36. The summed E-state index contributed by atoms with van der Waals surface area (Å²) < 4.78 is 23.0. The van der Waals surface area contributed by atoms with Crippen molar-refractivity contribution in [2.45, 2.75) is 52.2 Å². The highest BCUT2D eigenvalue weighted by atomic mass is 32.2. The van der Waals surface area contributed by atoms with Crippen LogP contribution < -0.4 is 5.32 Å². The van der Waals surface area contributed by atoms with Gasteiger partial charge in [-0.2, -0.15) is 0 Å². The van der Waals surface area contributed by atoms with Crippen LogP contribution in [-0.2, 0) is 9.84 Å². The van der Waals surface area contributed by atoms with E-state index in [-0.39, 0.29) is 17.3 Å². The molecule has 0 aliphatic carbocycles. The molecule has 1 rings (SSSR count). The Morgan fingerprint density at radius 3 is 2.33 bits per heavy atom. The van der Waals surface area contributed by atoms with Gasteiger partial charge in [0.05, 0.1) is 5.75 Å². The number of piperazine rings is 1. The van der Waals surface area contributed by atoms with Crippen molar-refractivity contribution < 1.29 is 8.42 Å². The Bertz CT molecular complexity index is 376. The van der Waals surface area contributed by atoms with Gasteiger partial charge in [0, 0.05) is 37.0 Å². The number of hydrogen-bond donors (Lipinski definition) is 1. The molecular weight excluding hydrogens is 248 g/mol. The van der Waals surface area contributed by atoms with Crippen LogP contribution in [0.3, 0.4) is 0 Å². The molecule has 0 aromatic carbocycles. The fraction of sp³-hybridized carbons (Fsp3) is 1.00. The predicted molar refractivity (Wildman–Crippen MR) is 76.6 cm³/mol. The van der Waals surface area contributed by atoms with Gasteiger partial charge < -0.3 is 5.32 Å². The van der Waals surface area contributed by atoms with Gasteiger partial charge in [-0.15, -0.1) is 0 Å². The molecule has 0 aromatic rings. The fourth-order valence-corrected chi connectivity index (χ4v) is 3.83. The van der Waals surface area contributed by atoms with Crippen LogP contribution in [0.15, 0.2) is 0 Å². The lowest BCUT2D eigenvalue weighted by molar-refractivity contribution is 0.0447. The van der Waals surface area contributed by atoms with Crippen molar-refractivity contribution in [3.8, 4) is 0 Å². The summed E-state index contributed by atoms with van der Waals surface area (Å²) in [6, 6.07) is 0.489. The summed E-state index contributed by atoms with van der Waals surface area (Å²) in [6.07, 6.45) is 1.32. The normalized spacial score (nSPS) is 27.4. The number of nitrogens with zero attached hydrogens (tertiary/aromatic N) is 1. The summed E-state index contributed by atoms with van der Waals surface area (Å²) in [5.41, 5.74) is 0.0527. The summed E-state index contributed by atoms with van der Waals surface area (Å²) in [6.45, 7) is 12.6. The highest BCUT2D eigenvalue weighted by molar-refractivity contribution is 7.90. The van der Waals surface area contributed by atoms with E-state index in [1.807, 2.05) is 6.92 Å². The standard InChI is InChI=1S/C13H28N2O2S/c1-10(2)12-7-14-13(4,5)9-15(12)11(3)8-18(6,16)17/h10-12,14H,7-9H2,1-6H3. The second kappa shape index (κ2) is 5.47. The number of rotatable bonds is 4. The zero-order valence-corrected chi connectivity index (χ0v) is 13.3. The number of sulfone groups is 1. The average Bonchev–Trinajstić information content (AvgIpc) is 2.12. The summed E-state index contributed by atoms with van der Waals surface area (Å²) in [4.78, 5) is 2.36. The lowest BCUT2D eigenvalue weighted by Crippen LogP contribution is -2.65. The van der Waals surface area contributed by atoms with Crippen molar-refractivity contribution in [3.05, 3.63) is 0 Å². The SMILES string of the molecule is CC(C)C1CNC(C)(C)CN1C(C)CS(C)(=O)=O. The zero-order valence-electron chi connectivity index (χ0n) is 12.5. The van der Waals surface area contributed by atoms with Gasteiger partial charge in [0.25, 0.3) is 0 Å². The van der Waals surface area contributed by atoms with E-state index in [1.165, 1.54) is 6.26 Å². The third kappa shape index (κ3) is 4.52. The summed E-state index contributed by atoms with van der Waals surface area (Å²) in [7, 11) is -2.92. The Kier molecular flexibility index (Phi) is 4.84. The maximum Gasteiger partial charge on any atom is 0.148 e. The molecule has 108 valence electrons. The average molecular weight is 276 g/mol. The summed E-state index contributed by atoms with van der Waals surface area (Å²) >= 11 is 0. The molecule has 18 heavy (non-hydrogen) atoms. The van der Waals surface area contributed by atoms with Gasteiger partial charge in [-0.05, 0) is 26.7 Å². The van der Waals surface area contributed by atoms with Crippen LogP contribution in [0.4, 0.5) is 0 Å². The lowest BCUT2D eigenvalue weighted by Gasteiger charge is -2.48. The van der Waals surface area contributed by atoms with Crippen LogP contribution in [0, 0.1) is 5.92 Å². The molecule has 1 fully saturated rings. The van der Waals surface area contributed by atoms with Crippen LogP contribution >= 0.6 is 0 Å². The van der Waals surface area contributed by atoms with Gasteiger partial charge in [0.1, 0.15) is 9.84 Å². The Labute approximate surface area is 112 Å². The molecule has 0 amide bonds. The topological polar surface area (TPSA) is 49.4 Å². The zero-order chi connectivity index (χ0) is 14.1. The van der Waals surface area contributed by atoms with Crippen molar-refractivity contribution in [2.75, 3.05) is 25.1 Å². The predicted octanol–water partition coefficient (Wildman–Crippen LogP) is 1.13. The van der Waals surface area contributed by atoms with Crippen LogP contribution in [0.5, 0.6) is 0 Å². The molecule has 1 heterocycles. The van der Waals surface area contributed by atoms with Crippen LogP contribution in [0.2, 0.25) is 0 Å². The lowest BCUT2D eigenvalue weighted by atomic mass is 9.92. The minimum Gasteiger partial charge on any atom is -0.309 e. The van der Waals surface area contributed by atoms with Gasteiger partial charge in [-0.3, -0.25) is 4.90 Å². The second-order valence-corrected chi connectivity index (χ2v) is 8.87. The smallest absolute Gasteiger partial charge is 0.148 e. The van der Waals surface area contributed by atoms with Crippen LogP contribution in [0.25, 0.3) is 0 Å². The van der Waals surface area contributed by atoms with E-state index in [9.17, 15) is 8.42 Å². The largest absolute Gasteiger partial charge is 0.309 e. The summed E-state index contributed by atoms with van der Waals surface area (Å²) in [5, 5.41) is 3.55. The Morgan fingerprint density at radius 1 is 1.33 bits per heavy atom.